The Morgan fingerprint density at radius 2 is 1.75 bits per heavy atom. The van der Waals surface area contributed by atoms with Crippen LogP contribution in [0.5, 0.6) is 0 Å². The summed E-state index contributed by atoms with van der Waals surface area (Å²) in [5.74, 6) is -1.81. The summed E-state index contributed by atoms with van der Waals surface area (Å²) in [6.07, 6.45) is 3.72. The molecule has 11 heteroatoms. The number of halogens is 2. The van der Waals surface area contributed by atoms with Crippen LogP contribution in [0.2, 0.25) is 0 Å². The molecular formula is C25H22BrFN4O5. The van der Waals surface area contributed by atoms with Crippen LogP contribution in [0.3, 0.4) is 0 Å². The predicted molar refractivity (Wildman–Crippen MR) is 135 cm³/mol. The van der Waals surface area contributed by atoms with Crippen LogP contribution in [-0.2, 0) is 22.7 Å². The SMILES string of the molecule is O=C(Cn1c(=O)n(CC(=O)NC2CCCC2)c(=O)c2oc3ccccc3c21)Nc1ccc(Br)cc1F. The molecule has 1 saturated carbocycles. The second-order valence-corrected chi connectivity index (χ2v) is 9.67. The average molecular weight is 557 g/mol. The molecular weight excluding hydrogens is 535 g/mol. The molecule has 2 N–H and O–H groups in total. The zero-order valence-electron chi connectivity index (χ0n) is 19.1. The third-order valence-electron chi connectivity index (χ3n) is 6.27. The van der Waals surface area contributed by atoms with Crippen molar-refractivity contribution >= 4 is 55.5 Å². The number of anilines is 1. The van der Waals surface area contributed by atoms with Crippen LogP contribution < -0.4 is 21.9 Å². The van der Waals surface area contributed by atoms with Crippen LogP contribution in [0, 0.1) is 5.82 Å². The lowest BCUT2D eigenvalue weighted by Gasteiger charge is -2.14. The number of aromatic nitrogens is 2. The standard InChI is InChI=1S/C25H22BrFN4O5/c26-14-9-10-18(17(27)11-14)29-21(33)12-30-22-16-7-3-4-8-19(16)36-23(22)24(34)31(25(30)35)13-20(32)28-15-5-1-2-6-15/h3-4,7-11,15H,1-2,5-6,12-13H2,(H,28,32)(H,29,33). The van der Waals surface area contributed by atoms with Crippen molar-refractivity contribution < 1.29 is 18.4 Å². The largest absolute Gasteiger partial charge is 0.449 e. The number of para-hydroxylation sites is 1. The minimum atomic E-state index is -0.841. The van der Waals surface area contributed by atoms with Crippen LogP contribution in [-0.4, -0.2) is 27.0 Å². The van der Waals surface area contributed by atoms with E-state index in [4.69, 9.17) is 4.42 Å². The van der Waals surface area contributed by atoms with E-state index in [0.717, 1.165) is 34.8 Å². The molecule has 0 spiro atoms. The molecule has 2 heterocycles. The molecule has 36 heavy (non-hydrogen) atoms. The van der Waals surface area contributed by atoms with Crippen LogP contribution in [0.4, 0.5) is 10.1 Å². The van der Waals surface area contributed by atoms with Gasteiger partial charge in [0.05, 0.1) is 5.69 Å². The van der Waals surface area contributed by atoms with E-state index >= 15 is 0 Å². The molecule has 0 radical (unpaired) electrons. The van der Waals surface area contributed by atoms with Gasteiger partial charge in [-0.1, -0.05) is 40.9 Å². The molecule has 2 aromatic heterocycles. The van der Waals surface area contributed by atoms with Crippen molar-refractivity contribution in [2.24, 2.45) is 0 Å². The van der Waals surface area contributed by atoms with E-state index in [1.54, 1.807) is 30.3 Å². The third kappa shape index (κ3) is 4.58. The Hall–Kier alpha value is -3.73. The van der Waals surface area contributed by atoms with Gasteiger partial charge in [0.1, 0.15) is 30.0 Å². The zero-order chi connectivity index (χ0) is 25.4. The van der Waals surface area contributed by atoms with E-state index < -0.39 is 42.0 Å². The number of hydrogen-bond acceptors (Lipinski definition) is 5. The zero-order valence-corrected chi connectivity index (χ0v) is 20.6. The molecule has 0 saturated heterocycles. The number of benzene rings is 2. The molecule has 1 aliphatic carbocycles. The molecule has 5 rings (SSSR count). The Morgan fingerprint density at radius 1 is 1.03 bits per heavy atom. The molecule has 4 aromatic rings. The van der Waals surface area contributed by atoms with E-state index in [1.165, 1.54) is 12.1 Å². The fourth-order valence-corrected chi connectivity index (χ4v) is 4.93. The maximum absolute atomic E-state index is 14.2. The van der Waals surface area contributed by atoms with Crippen molar-refractivity contribution in [1.29, 1.82) is 0 Å². The number of carbonyl (C=O) groups is 2. The summed E-state index contributed by atoms with van der Waals surface area (Å²) in [7, 11) is 0. The Morgan fingerprint density at radius 3 is 2.50 bits per heavy atom. The third-order valence-corrected chi connectivity index (χ3v) is 6.76. The van der Waals surface area contributed by atoms with Crippen molar-refractivity contribution in [2.45, 2.75) is 44.8 Å². The highest BCUT2D eigenvalue weighted by atomic mass is 79.9. The molecule has 0 bridgehead atoms. The van der Waals surface area contributed by atoms with Gasteiger partial charge < -0.3 is 15.1 Å². The van der Waals surface area contributed by atoms with Gasteiger partial charge in [-0.25, -0.2) is 13.8 Å². The summed E-state index contributed by atoms with van der Waals surface area (Å²) >= 11 is 3.16. The van der Waals surface area contributed by atoms with Gasteiger partial charge in [-0.2, -0.15) is 0 Å². The topological polar surface area (TPSA) is 115 Å². The summed E-state index contributed by atoms with van der Waals surface area (Å²) in [4.78, 5) is 52.2. The second-order valence-electron chi connectivity index (χ2n) is 8.76. The molecule has 0 atom stereocenters. The van der Waals surface area contributed by atoms with Gasteiger partial charge in [0.15, 0.2) is 0 Å². The smallest absolute Gasteiger partial charge is 0.332 e. The van der Waals surface area contributed by atoms with E-state index in [0.29, 0.717) is 15.4 Å². The fraction of sp³-hybridized carbons (Fsp3) is 0.280. The van der Waals surface area contributed by atoms with E-state index in [1.807, 2.05) is 0 Å². The molecule has 9 nitrogen and oxygen atoms in total. The number of hydrogen-bond donors (Lipinski definition) is 2. The summed E-state index contributed by atoms with van der Waals surface area (Å²) in [5, 5.41) is 5.77. The summed E-state index contributed by atoms with van der Waals surface area (Å²) in [6, 6.07) is 10.9. The lowest BCUT2D eigenvalue weighted by molar-refractivity contribution is -0.122. The Labute approximate surface area is 212 Å². The van der Waals surface area contributed by atoms with E-state index in [9.17, 15) is 23.6 Å². The summed E-state index contributed by atoms with van der Waals surface area (Å²) in [5.41, 5.74) is -1.32. The van der Waals surface area contributed by atoms with Gasteiger partial charge in [0.25, 0.3) is 5.56 Å². The van der Waals surface area contributed by atoms with Crippen molar-refractivity contribution in [2.75, 3.05) is 5.32 Å². The average Bonchev–Trinajstić information content (AvgIpc) is 3.49. The minimum absolute atomic E-state index is 0.0111. The fourth-order valence-electron chi connectivity index (χ4n) is 4.59. The second kappa shape index (κ2) is 9.73. The quantitative estimate of drug-likeness (QED) is 0.377. The molecule has 1 aliphatic rings. The Balaban J connectivity index is 1.56. The molecule has 2 aromatic carbocycles. The number of amides is 2. The number of nitrogens with zero attached hydrogens (tertiary/aromatic N) is 2. The van der Waals surface area contributed by atoms with Crippen LogP contribution in [0.25, 0.3) is 22.1 Å². The van der Waals surface area contributed by atoms with Crippen LogP contribution in [0.15, 0.2) is 60.9 Å². The maximum Gasteiger partial charge on any atom is 0.332 e. The normalized spacial score (nSPS) is 13.9. The first-order valence-corrected chi connectivity index (χ1v) is 12.3. The van der Waals surface area contributed by atoms with Crippen molar-refractivity contribution in [3.8, 4) is 0 Å². The Kier molecular flexibility index (Phi) is 6.48. The van der Waals surface area contributed by atoms with Crippen LogP contribution in [0.1, 0.15) is 25.7 Å². The van der Waals surface area contributed by atoms with Gasteiger partial charge in [-0.15, -0.1) is 0 Å². The number of carbonyl (C=O) groups excluding carboxylic acids is 2. The first kappa shape index (κ1) is 24.0. The Bertz CT molecular complexity index is 1620. The summed E-state index contributed by atoms with van der Waals surface area (Å²) < 4.78 is 22.3. The highest BCUT2D eigenvalue weighted by Crippen LogP contribution is 2.26. The van der Waals surface area contributed by atoms with Crippen molar-refractivity contribution in [3.05, 3.63) is 73.6 Å². The number of nitrogens with one attached hydrogen (secondary N) is 2. The summed E-state index contributed by atoms with van der Waals surface area (Å²) in [6.45, 7) is -1.04. The maximum atomic E-state index is 14.2. The van der Waals surface area contributed by atoms with Gasteiger partial charge >= 0.3 is 5.69 Å². The monoisotopic (exact) mass is 556 g/mol. The highest BCUT2D eigenvalue weighted by molar-refractivity contribution is 9.10. The van der Waals surface area contributed by atoms with Crippen molar-refractivity contribution in [3.63, 3.8) is 0 Å². The number of rotatable bonds is 6. The first-order valence-electron chi connectivity index (χ1n) is 11.5. The first-order chi connectivity index (χ1) is 17.3. The van der Waals surface area contributed by atoms with Gasteiger partial charge in [-0.3, -0.25) is 19.0 Å². The molecule has 2 amide bonds. The van der Waals surface area contributed by atoms with E-state index in [-0.39, 0.29) is 22.8 Å². The van der Waals surface area contributed by atoms with E-state index in [2.05, 4.69) is 26.6 Å². The van der Waals surface area contributed by atoms with Crippen molar-refractivity contribution in [1.82, 2.24) is 14.5 Å². The molecule has 1 fully saturated rings. The minimum Gasteiger partial charge on any atom is -0.449 e. The molecule has 0 unspecified atom stereocenters. The number of fused-ring (bicyclic) bond motifs is 3. The van der Waals surface area contributed by atoms with Gasteiger partial charge in [-0.05, 0) is 43.2 Å². The predicted octanol–water partition coefficient (Wildman–Crippen LogP) is 3.51. The molecule has 186 valence electrons. The van der Waals surface area contributed by atoms with Crippen LogP contribution >= 0.6 is 15.9 Å². The highest BCUT2D eigenvalue weighted by Gasteiger charge is 2.24. The number of furan rings is 1. The molecule has 0 aliphatic heterocycles. The van der Waals surface area contributed by atoms with Gasteiger partial charge in [0, 0.05) is 15.9 Å². The van der Waals surface area contributed by atoms with Gasteiger partial charge in [0.2, 0.25) is 17.4 Å². The lowest BCUT2D eigenvalue weighted by atomic mass is 10.2. The lowest BCUT2D eigenvalue weighted by Crippen LogP contribution is -2.46.